The van der Waals surface area contributed by atoms with E-state index in [2.05, 4.69) is 11.8 Å². The molecule has 0 aliphatic heterocycles. The maximum absolute atomic E-state index is 8.93. The zero-order valence-corrected chi connectivity index (χ0v) is 11.1. The fourth-order valence-corrected chi connectivity index (χ4v) is 1.81. The molecule has 0 rings (SSSR count). The standard InChI is InChI=1S/C13H29NO2/c1-3-4-5-6-7-8-9-14(10-12-15)11-13-16-2/h15H,3-13H2,1-2H3. The second-order valence-corrected chi connectivity index (χ2v) is 4.33. The van der Waals surface area contributed by atoms with E-state index in [1.165, 1.54) is 38.5 Å². The number of unbranched alkanes of at least 4 members (excludes halogenated alkanes) is 5. The van der Waals surface area contributed by atoms with E-state index in [4.69, 9.17) is 9.84 Å². The molecule has 0 spiro atoms. The minimum absolute atomic E-state index is 0.250. The van der Waals surface area contributed by atoms with Crippen LogP contribution in [-0.4, -0.2) is 50.0 Å². The molecule has 0 aliphatic carbocycles. The van der Waals surface area contributed by atoms with Gasteiger partial charge in [-0.05, 0) is 13.0 Å². The van der Waals surface area contributed by atoms with Gasteiger partial charge in [-0.3, -0.25) is 4.90 Å². The number of ether oxygens (including phenoxy) is 1. The zero-order chi connectivity index (χ0) is 12.1. The molecule has 0 unspecified atom stereocenters. The van der Waals surface area contributed by atoms with E-state index in [1.807, 2.05) is 0 Å². The van der Waals surface area contributed by atoms with Gasteiger partial charge in [0.1, 0.15) is 0 Å². The van der Waals surface area contributed by atoms with Gasteiger partial charge in [-0.2, -0.15) is 0 Å². The van der Waals surface area contributed by atoms with Crippen molar-refractivity contribution < 1.29 is 9.84 Å². The van der Waals surface area contributed by atoms with Gasteiger partial charge in [-0.25, -0.2) is 0 Å². The monoisotopic (exact) mass is 231 g/mol. The Morgan fingerprint density at radius 3 is 2.25 bits per heavy atom. The second kappa shape index (κ2) is 12.9. The van der Waals surface area contributed by atoms with Crippen LogP contribution in [0.4, 0.5) is 0 Å². The van der Waals surface area contributed by atoms with Gasteiger partial charge in [-0.1, -0.05) is 39.0 Å². The van der Waals surface area contributed by atoms with Gasteiger partial charge < -0.3 is 9.84 Å². The van der Waals surface area contributed by atoms with Crippen molar-refractivity contribution in [3.05, 3.63) is 0 Å². The van der Waals surface area contributed by atoms with Gasteiger partial charge in [-0.15, -0.1) is 0 Å². The summed E-state index contributed by atoms with van der Waals surface area (Å²) in [5, 5.41) is 8.93. The minimum atomic E-state index is 0.250. The number of rotatable bonds is 12. The lowest BCUT2D eigenvalue weighted by Crippen LogP contribution is -2.31. The first-order valence-corrected chi connectivity index (χ1v) is 6.67. The fraction of sp³-hybridized carbons (Fsp3) is 1.00. The van der Waals surface area contributed by atoms with Crippen LogP contribution >= 0.6 is 0 Å². The van der Waals surface area contributed by atoms with Crippen molar-refractivity contribution in [2.24, 2.45) is 0 Å². The smallest absolute Gasteiger partial charge is 0.0589 e. The normalized spacial score (nSPS) is 11.2. The summed E-state index contributed by atoms with van der Waals surface area (Å²) in [5.74, 6) is 0. The number of hydrogen-bond donors (Lipinski definition) is 1. The van der Waals surface area contributed by atoms with Crippen LogP contribution in [0.2, 0.25) is 0 Å². The molecule has 3 heteroatoms. The molecule has 16 heavy (non-hydrogen) atoms. The number of hydrogen-bond acceptors (Lipinski definition) is 3. The highest BCUT2D eigenvalue weighted by Gasteiger charge is 2.02. The third-order valence-corrected chi connectivity index (χ3v) is 2.86. The van der Waals surface area contributed by atoms with E-state index < -0.39 is 0 Å². The molecule has 0 aliphatic rings. The largest absolute Gasteiger partial charge is 0.395 e. The van der Waals surface area contributed by atoms with Gasteiger partial charge in [0.15, 0.2) is 0 Å². The summed E-state index contributed by atoms with van der Waals surface area (Å²) in [5.41, 5.74) is 0. The molecule has 0 aromatic carbocycles. The molecule has 0 fully saturated rings. The predicted octanol–water partition coefficient (Wildman–Crippen LogP) is 2.29. The quantitative estimate of drug-likeness (QED) is 0.523. The van der Waals surface area contributed by atoms with Crippen molar-refractivity contribution in [2.45, 2.75) is 45.4 Å². The second-order valence-electron chi connectivity index (χ2n) is 4.33. The summed E-state index contributed by atoms with van der Waals surface area (Å²) in [7, 11) is 1.72. The fourth-order valence-electron chi connectivity index (χ4n) is 1.81. The molecule has 0 saturated heterocycles. The van der Waals surface area contributed by atoms with Crippen LogP contribution in [0.5, 0.6) is 0 Å². The van der Waals surface area contributed by atoms with E-state index in [1.54, 1.807) is 7.11 Å². The zero-order valence-electron chi connectivity index (χ0n) is 11.1. The predicted molar refractivity (Wildman–Crippen MR) is 68.8 cm³/mol. The summed E-state index contributed by atoms with van der Waals surface area (Å²) in [4.78, 5) is 2.28. The summed E-state index contributed by atoms with van der Waals surface area (Å²) in [6.07, 6.45) is 7.95. The van der Waals surface area contributed by atoms with Crippen LogP contribution < -0.4 is 0 Å². The topological polar surface area (TPSA) is 32.7 Å². The van der Waals surface area contributed by atoms with E-state index in [0.29, 0.717) is 0 Å². The maximum Gasteiger partial charge on any atom is 0.0589 e. The van der Waals surface area contributed by atoms with Gasteiger partial charge in [0.05, 0.1) is 13.2 Å². The number of methoxy groups -OCH3 is 1. The number of nitrogens with zero attached hydrogens (tertiary/aromatic N) is 1. The Balaban J connectivity index is 3.36. The summed E-state index contributed by atoms with van der Waals surface area (Å²) < 4.78 is 5.05. The van der Waals surface area contributed by atoms with Crippen molar-refractivity contribution in [2.75, 3.05) is 40.0 Å². The van der Waals surface area contributed by atoms with Gasteiger partial charge >= 0.3 is 0 Å². The van der Waals surface area contributed by atoms with Gasteiger partial charge in [0.2, 0.25) is 0 Å². The summed E-state index contributed by atoms with van der Waals surface area (Å²) >= 11 is 0. The van der Waals surface area contributed by atoms with Gasteiger partial charge in [0.25, 0.3) is 0 Å². The lowest BCUT2D eigenvalue weighted by Gasteiger charge is -2.20. The van der Waals surface area contributed by atoms with Crippen LogP contribution in [0.1, 0.15) is 45.4 Å². The van der Waals surface area contributed by atoms with Crippen LogP contribution in [0.25, 0.3) is 0 Å². The summed E-state index contributed by atoms with van der Waals surface area (Å²) in [6.45, 7) is 6.06. The first-order chi connectivity index (χ1) is 7.85. The molecule has 0 heterocycles. The van der Waals surface area contributed by atoms with Crippen molar-refractivity contribution in [3.8, 4) is 0 Å². The molecular weight excluding hydrogens is 202 g/mol. The Kier molecular flexibility index (Phi) is 12.9. The van der Waals surface area contributed by atoms with E-state index in [0.717, 1.165) is 26.2 Å². The SMILES string of the molecule is CCCCCCCCN(CCO)CCOC. The lowest BCUT2D eigenvalue weighted by molar-refractivity contribution is 0.129. The van der Waals surface area contributed by atoms with E-state index in [9.17, 15) is 0 Å². The molecule has 0 amide bonds. The Morgan fingerprint density at radius 2 is 1.62 bits per heavy atom. The van der Waals surface area contributed by atoms with Crippen molar-refractivity contribution >= 4 is 0 Å². The molecule has 0 atom stereocenters. The highest BCUT2D eigenvalue weighted by molar-refractivity contribution is 4.57. The van der Waals surface area contributed by atoms with Crippen molar-refractivity contribution in [3.63, 3.8) is 0 Å². The number of aliphatic hydroxyl groups excluding tert-OH is 1. The van der Waals surface area contributed by atoms with Crippen molar-refractivity contribution in [1.82, 2.24) is 4.90 Å². The average molecular weight is 231 g/mol. The van der Waals surface area contributed by atoms with Gasteiger partial charge in [0, 0.05) is 20.2 Å². The maximum atomic E-state index is 8.93. The Morgan fingerprint density at radius 1 is 0.938 bits per heavy atom. The Bertz CT molecular complexity index is 131. The molecule has 0 saturated carbocycles. The minimum Gasteiger partial charge on any atom is -0.395 e. The molecule has 98 valence electrons. The molecule has 1 N–H and O–H groups in total. The summed E-state index contributed by atoms with van der Waals surface area (Å²) in [6, 6.07) is 0. The Hall–Kier alpha value is -0.120. The van der Waals surface area contributed by atoms with E-state index in [-0.39, 0.29) is 6.61 Å². The average Bonchev–Trinajstić information content (AvgIpc) is 2.30. The highest BCUT2D eigenvalue weighted by Crippen LogP contribution is 2.05. The third-order valence-electron chi connectivity index (χ3n) is 2.86. The molecule has 0 bridgehead atoms. The highest BCUT2D eigenvalue weighted by atomic mass is 16.5. The molecule has 0 aromatic heterocycles. The van der Waals surface area contributed by atoms with Crippen LogP contribution in [0, 0.1) is 0 Å². The van der Waals surface area contributed by atoms with E-state index >= 15 is 0 Å². The van der Waals surface area contributed by atoms with Crippen LogP contribution in [-0.2, 0) is 4.74 Å². The molecular formula is C13H29NO2. The lowest BCUT2D eigenvalue weighted by atomic mass is 10.1. The van der Waals surface area contributed by atoms with Crippen LogP contribution in [0.15, 0.2) is 0 Å². The first-order valence-electron chi connectivity index (χ1n) is 6.67. The number of aliphatic hydroxyl groups is 1. The molecule has 3 nitrogen and oxygen atoms in total. The molecule has 0 radical (unpaired) electrons. The van der Waals surface area contributed by atoms with Crippen molar-refractivity contribution in [1.29, 1.82) is 0 Å². The van der Waals surface area contributed by atoms with Crippen LogP contribution in [0.3, 0.4) is 0 Å². The third kappa shape index (κ3) is 10.4. The molecule has 0 aromatic rings. The first kappa shape index (κ1) is 15.9. The Labute approximate surface area is 101 Å².